The Morgan fingerprint density at radius 3 is 2.47 bits per heavy atom. The van der Waals surface area contributed by atoms with Crippen molar-refractivity contribution < 1.29 is 21.6 Å². The van der Waals surface area contributed by atoms with Gasteiger partial charge < -0.3 is 5.73 Å². The van der Waals surface area contributed by atoms with Crippen LogP contribution in [0.1, 0.15) is 12.0 Å². The predicted octanol–water partition coefficient (Wildman–Crippen LogP) is 1.99. The van der Waals surface area contributed by atoms with Gasteiger partial charge >= 0.3 is 6.18 Å². The first-order valence-corrected chi connectivity index (χ1v) is 7.11. The molecule has 19 heavy (non-hydrogen) atoms. The van der Waals surface area contributed by atoms with Crippen LogP contribution in [0.2, 0.25) is 5.02 Å². The van der Waals surface area contributed by atoms with E-state index in [1.54, 1.807) is 0 Å². The number of hydrogen-bond donors (Lipinski definition) is 2. The molecule has 0 heterocycles. The summed E-state index contributed by atoms with van der Waals surface area (Å²) in [6.45, 7) is 0.165. The Morgan fingerprint density at radius 2 is 1.95 bits per heavy atom. The molecule has 0 aromatic heterocycles. The van der Waals surface area contributed by atoms with Gasteiger partial charge in [-0.15, -0.1) is 0 Å². The molecule has 0 radical (unpaired) electrons. The summed E-state index contributed by atoms with van der Waals surface area (Å²) in [5, 5.41) is -0.477. The molecule has 0 fully saturated rings. The van der Waals surface area contributed by atoms with Crippen molar-refractivity contribution in [3.8, 4) is 0 Å². The van der Waals surface area contributed by atoms with Crippen molar-refractivity contribution in [3.63, 3.8) is 0 Å². The standard InChI is InChI=1S/C10H12ClF3N2O2S/c11-8-4-1-3-7(10(12,13)14)9(8)19(17,18)16-6-2-5-15/h1,3-4,16H,2,5-6,15H2. The summed E-state index contributed by atoms with van der Waals surface area (Å²) in [7, 11) is -4.33. The van der Waals surface area contributed by atoms with Crippen LogP contribution in [0.3, 0.4) is 0 Å². The summed E-state index contributed by atoms with van der Waals surface area (Å²) in [6, 6.07) is 2.81. The van der Waals surface area contributed by atoms with Crippen molar-refractivity contribution >= 4 is 21.6 Å². The van der Waals surface area contributed by atoms with Crippen LogP contribution < -0.4 is 10.5 Å². The molecule has 0 unspecified atom stereocenters. The number of alkyl halides is 3. The van der Waals surface area contributed by atoms with E-state index in [2.05, 4.69) is 0 Å². The van der Waals surface area contributed by atoms with Crippen molar-refractivity contribution in [1.29, 1.82) is 0 Å². The highest BCUT2D eigenvalue weighted by molar-refractivity contribution is 7.89. The average molecular weight is 317 g/mol. The van der Waals surface area contributed by atoms with E-state index in [9.17, 15) is 21.6 Å². The molecule has 1 aromatic rings. The molecule has 4 nitrogen and oxygen atoms in total. The number of sulfonamides is 1. The van der Waals surface area contributed by atoms with Crippen LogP contribution >= 0.6 is 11.6 Å². The van der Waals surface area contributed by atoms with Gasteiger partial charge in [0.1, 0.15) is 4.90 Å². The van der Waals surface area contributed by atoms with Crippen molar-refractivity contribution in [2.75, 3.05) is 13.1 Å². The van der Waals surface area contributed by atoms with E-state index in [-0.39, 0.29) is 13.1 Å². The first kappa shape index (κ1) is 16.2. The molecule has 3 N–H and O–H groups in total. The molecular weight excluding hydrogens is 305 g/mol. The molecule has 9 heteroatoms. The van der Waals surface area contributed by atoms with Gasteiger partial charge in [-0.2, -0.15) is 13.2 Å². The smallest absolute Gasteiger partial charge is 0.330 e. The van der Waals surface area contributed by atoms with Crippen LogP contribution in [0.5, 0.6) is 0 Å². The van der Waals surface area contributed by atoms with Crippen LogP contribution in [0, 0.1) is 0 Å². The van der Waals surface area contributed by atoms with Crippen LogP contribution in [-0.4, -0.2) is 21.5 Å². The Hall–Kier alpha value is -0.830. The normalized spacial score (nSPS) is 12.7. The lowest BCUT2D eigenvalue weighted by Gasteiger charge is -2.15. The van der Waals surface area contributed by atoms with E-state index in [0.29, 0.717) is 12.5 Å². The molecule has 0 aliphatic heterocycles. The summed E-state index contributed by atoms with van der Waals surface area (Å²) in [5.74, 6) is 0. The minimum Gasteiger partial charge on any atom is -0.330 e. The number of nitrogens with two attached hydrogens (primary N) is 1. The monoisotopic (exact) mass is 316 g/mol. The number of nitrogens with one attached hydrogen (secondary N) is 1. The Kier molecular flexibility index (Phi) is 5.19. The van der Waals surface area contributed by atoms with Crippen LogP contribution in [-0.2, 0) is 16.2 Å². The molecule has 0 saturated carbocycles. The molecule has 0 aliphatic rings. The molecule has 0 bridgehead atoms. The maximum Gasteiger partial charge on any atom is 0.417 e. The fourth-order valence-electron chi connectivity index (χ4n) is 1.39. The van der Waals surface area contributed by atoms with Gasteiger partial charge in [-0.1, -0.05) is 17.7 Å². The topological polar surface area (TPSA) is 72.2 Å². The summed E-state index contributed by atoms with van der Waals surface area (Å²) >= 11 is 5.59. The zero-order valence-electron chi connectivity index (χ0n) is 9.67. The highest BCUT2D eigenvalue weighted by atomic mass is 35.5. The Balaban J connectivity index is 3.26. The Morgan fingerprint density at radius 1 is 1.32 bits per heavy atom. The van der Waals surface area contributed by atoms with E-state index in [1.807, 2.05) is 4.72 Å². The number of rotatable bonds is 5. The zero-order valence-corrected chi connectivity index (χ0v) is 11.2. The molecule has 0 aliphatic carbocycles. The van der Waals surface area contributed by atoms with Crippen LogP contribution in [0.4, 0.5) is 13.2 Å². The highest BCUT2D eigenvalue weighted by Gasteiger charge is 2.38. The lowest BCUT2D eigenvalue weighted by molar-refractivity contribution is -0.139. The molecule has 1 aromatic carbocycles. The fourth-order valence-corrected chi connectivity index (χ4v) is 3.22. The SMILES string of the molecule is NCCCNS(=O)(=O)c1c(Cl)cccc1C(F)(F)F. The molecule has 0 spiro atoms. The Labute approximate surface area is 113 Å². The van der Waals surface area contributed by atoms with Gasteiger partial charge in [0.05, 0.1) is 10.6 Å². The minimum absolute atomic E-state index is 0.0542. The van der Waals surface area contributed by atoms with E-state index in [1.165, 1.54) is 0 Å². The lowest BCUT2D eigenvalue weighted by Crippen LogP contribution is -2.28. The van der Waals surface area contributed by atoms with Crippen LogP contribution in [0.25, 0.3) is 0 Å². The summed E-state index contributed by atoms with van der Waals surface area (Å²) < 4.78 is 64.1. The second-order valence-electron chi connectivity index (χ2n) is 3.65. The molecule has 1 rings (SSSR count). The maximum atomic E-state index is 12.8. The summed E-state index contributed by atoms with van der Waals surface area (Å²) in [4.78, 5) is -0.957. The van der Waals surface area contributed by atoms with Gasteiger partial charge in [-0.05, 0) is 25.1 Å². The third-order valence-electron chi connectivity index (χ3n) is 2.21. The first-order chi connectivity index (χ1) is 8.70. The first-order valence-electron chi connectivity index (χ1n) is 5.25. The van der Waals surface area contributed by atoms with Gasteiger partial charge in [0, 0.05) is 6.54 Å². The van der Waals surface area contributed by atoms with Gasteiger partial charge in [0.2, 0.25) is 10.0 Å². The van der Waals surface area contributed by atoms with Crippen LogP contribution in [0.15, 0.2) is 23.1 Å². The predicted molar refractivity (Wildman–Crippen MR) is 65.3 cm³/mol. The van der Waals surface area contributed by atoms with Crippen molar-refractivity contribution in [2.24, 2.45) is 5.73 Å². The number of halogens is 4. The van der Waals surface area contributed by atoms with E-state index < -0.39 is 31.7 Å². The van der Waals surface area contributed by atoms with E-state index >= 15 is 0 Å². The highest BCUT2D eigenvalue weighted by Crippen LogP contribution is 2.37. The average Bonchev–Trinajstić information content (AvgIpc) is 2.27. The van der Waals surface area contributed by atoms with Gasteiger partial charge in [-0.3, -0.25) is 0 Å². The second kappa shape index (κ2) is 6.08. The molecule has 0 amide bonds. The maximum absolute atomic E-state index is 12.8. The van der Waals surface area contributed by atoms with Crippen molar-refractivity contribution in [2.45, 2.75) is 17.5 Å². The fraction of sp³-hybridized carbons (Fsp3) is 0.400. The Bertz CT molecular complexity index is 546. The van der Waals surface area contributed by atoms with E-state index in [0.717, 1.165) is 12.1 Å². The van der Waals surface area contributed by atoms with Crippen molar-refractivity contribution in [3.05, 3.63) is 28.8 Å². The lowest BCUT2D eigenvalue weighted by atomic mass is 10.2. The van der Waals surface area contributed by atoms with Gasteiger partial charge in [0.15, 0.2) is 0 Å². The molecule has 0 saturated heterocycles. The largest absolute Gasteiger partial charge is 0.417 e. The summed E-state index contributed by atoms with van der Waals surface area (Å²) in [5.41, 5.74) is 3.89. The molecule has 0 atom stereocenters. The molecule has 108 valence electrons. The van der Waals surface area contributed by atoms with E-state index in [4.69, 9.17) is 17.3 Å². The third-order valence-corrected chi connectivity index (χ3v) is 4.20. The second-order valence-corrected chi connectivity index (χ2v) is 5.77. The molecular formula is C10H12ClF3N2O2S. The minimum atomic E-state index is -4.80. The number of benzene rings is 1. The third kappa shape index (κ3) is 4.07. The quantitative estimate of drug-likeness (QED) is 0.816. The van der Waals surface area contributed by atoms with Gasteiger partial charge in [0.25, 0.3) is 0 Å². The van der Waals surface area contributed by atoms with Gasteiger partial charge in [-0.25, -0.2) is 13.1 Å². The summed E-state index contributed by atoms with van der Waals surface area (Å²) in [6.07, 6.45) is -4.49. The van der Waals surface area contributed by atoms with Crippen molar-refractivity contribution in [1.82, 2.24) is 4.72 Å². The number of hydrogen-bond acceptors (Lipinski definition) is 3. The zero-order chi connectivity index (χ0) is 14.7.